The molecule has 0 saturated carbocycles. The first-order valence-corrected chi connectivity index (χ1v) is 9.69. The summed E-state index contributed by atoms with van der Waals surface area (Å²) in [7, 11) is 1.58. The van der Waals surface area contributed by atoms with Crippen LogP contribution in [0.2, 0.25) is 0 Å². The van der Waals surface area contributed by atoms with E-state index in [0.717, 1.165) is 22.0 Å². The molecule has 3 aromatic rings. The molecule has 1 aliphatic heterocycles. The van der Waals surface area contributed by atoms with Gasteiger partial charge < -0.3 is 20.7 Å². The maximum atomic E-state index is 13.3. The van der Waals surface area contributed by atoms with E-state index in [1.165, 1.54) is 0 Å². The van der Waals surface area contributed by atoms with E-state index in [1.54, 1.807) is 7.11 Å². The molecule has 6 heteroatoms. The van der Waals surface area contributed by atoms with Crippen LogP contribution in [0.4, 0.5) is 5.69 Å². The van der Waals surface area contributed by atoms with E-state index < -0.39 is 0 Å². The van der Waals surface area contributed by atoms with E-state index in [0.29, 0.717) is 22.1 Å². The molecule has 0 radical (unpaired) electrons. The summed E-state index contributed by atoms with van der Waals surface area (Å²) >= 11 is 5.38. The van der Waals surface area contributed by atoms with Crippen LogP contribution in [0, 0.1) is 0 Å². The van der Waals surface area contributed by atoms with E-state index >= 15 is 0 Å². The van der Waals surface area contributed by atoms with Gasteiger partial charge in [-0.3, -0.25) is 4.79 Å². The molecule has 0 aliphatic carbocycles. The van der Waals surface area contributed by atoms with Crippen molar-refractivity contribution in [1.82, 2.24) is 10.6 Å². The Balaban J connectivity index is 1.78. The van der Waals surface area contributed by atoms with Crippen molar-refractivity contribution in [3.63, 3.8) is 0 Å². The third kappa shape index (κ3) is 3.67. The summed E-state index contributed by atoms with van der Waals surface area (Å²) in [6, 6.07) is 21.2. The standard InChI is InChI=1S/C23H21N3O2S/c1-14-20(22(27)25-18-12-5-6-13-19(18)28-2)21(26-23(29)24-14)17-11-7-9-15-8-3-4-10-16(15)17/h3-13,21H,1-2H3,(H,25,27)(H2,24,26,29)/t21-/m0/s1. The van der Waals surface area contributed by atoms with Gasteiger partial charge in [-0.15, -0.1) is 0 Å². The van der Waals surface area contributed by atoms with Gasteiger partial charge in [0, 0.05) is 5.70 Å². The number of rotatable bonds is 4. The molecule has 0 saturated heterocycles. The summed E-state index contributed by atoms with van der Waals surface area (Å²) in [6.45, 7) is 1.86. The molecule has 5 nitrogen and oxygen atoms in total. The number of methoxy groups -OCH3 is 1. The Kier molecular flexibility index (Phi) is 5.18. The number of nitrogens with one attached hydrogen (secondary N) is 3. The highest BCUT2D eigenvalue weighted by molar-refractivity contribution is 7.80. The van der Waals surface area contributed by atoms with Crippen molar-refractivity contribution in [2.75, 3.05) is 12.4 Å². The molecule has 0 spiro atoms. The molecule has 1 aliphatic rings. The van der Waals surface area contributed by atoms with Gasteiger partial charge in [-0.25, -0.2) is 0 Å². The first-order chi connectivity index (χ1) is 14.1. The molecule has 1 heterocycles. The van der Waals surface area contributed by atoms with Crippen molar-refractivity contribution in [2.24, 2.45) is 0 Å². The lowest BCUT2D eigenvalue weighted by atomic mass is 9.91. The second kappa shape index (κ2) is 7.93. The molecular formula is C23H21N3O2S. The average molecular weight is 404 g/mol. The fraction of sp³-hybridized carbons (Fsp3) is 0.130. The van der Waals surface area contributed by atoms with Crippen LogP contribution in [0.5, 0.6) is 5.75 Å². The van der Waals surface area contributed by atoms with Gasteiger partial charge >= 0.3 is 0 Å². The van der Waals surface area contributed by atoms with E-state index in [1.807, 2.05) is 55.5 Å². The van der Waals surface area contributed by atoms with Crippen molar-refractivity contribution < 1.29 is 9.53 Å². The van der Waals surface area contributed by atoms with Gasteiger partial charge in [0.2, 0.25) is 0 Å². The van der Waals surface area contributed by atoms with E-state index in [9.17, 15) is 4.79 Å². The number of anilines is 1. The second-order valence-electron chi connectivity index (χ2n) is 6.79. The van der Waals surface area contributed by atoms with Crippen LogP contribution in [-0.4, -0.2) is 18.1 Å². The van der Waals surface area contributed by atoms with Crippen LogP contribution in [0.1, 0.15) is 18.5 Å². The summed E-state index contributed by atoms with van der Waals surface area (Å²) in [5.41, 5.74) is 2.92. The fourth-order valence-electron chi connectivity index (χ4n) is 3.67. The number of hydrogen-bond donors (Lipinski definition) is 3. The Morgan fingerprint density at radius 2 is 1.76 bits per heavy atom. The van der Waals surface area contributed by atoms with Crippen LogP contribution >= 0.6 is 12.2 Å². The zero-order valence-electron chi connectivity index (χ0n) is 16.2. The lowest BCUT2D eigenvalue weighted by Crippen LogP contribution is -2.45. The molecule has 1 amide bonds. The van der Waals surface area contributed by atoms with Gasteiger partial charge in [0.05, 0.1) is 24.4 Å². The number of ether oxygens (including phenoxy) is 1. The monoisotopic (exact) mass is 403 g/mol. The summed E-state index contributed by atoms with van der Waals surface area (Å²) < 4.78 is 5.36. The molecule has 146 valence electrons. The number of fused-ring (bicyclic) bond motifs is 1. The molecule has 0 unspecified atom stereocenters. The number of carbonyl (C=O) groups is 1. The fourth-order valence-corrected chi connectivity index (χ4v) is 3.94. The summed E-state index contributed by atoms with van der Waals surface area (Å²) in [5.74, 6) is 0.389. The molecule has 3 aromatic carbocycles. The maximum Gasteiger partial charge on any atom is 0.255 e. The van der Waals surface area contributed by atoms with Gasteiger partial charge in [-0.2, -0.15) is 0 Å². The number of hydrogen-bond acceptors (Lipinski definition) is 3. The van der Waals surface area contributed by atoms with Crippen molar-refractivity contribution in [3.05, 3.63) is 83.6 Å². The Morgan fingerprint density at radius 3 is 2.59 bits per heavy atom. The molecule has 0 aromatic heterocycles. The predicted molar refractivity (Wildman–Crippen MR) is 120 cm³/mol. The maximum absolute atomic E-state index is 13.3. The van der Waals surface area contributed by atoms with Crippen molar-refractivity contribution in [3.8, 4) is 5.75 Å². The molecule has 0 fully saturated rings. The van der Waals surface area contributed by atoms with Gasteiger partial charge in [0.1, 0.15) is 5.75 Å². The van der Waals surface area contributed by atoms with Gasteiger partial charge in [-0.05, 0) is 47.6 Å². The molecule has 0 bridgehead atoms. The number of benzene rings is 3. The topological polar surface area (TPSA) is 62.4 Å². The smallest absolute Gasteiger partial charge is 0.255 e. The summed E-state index contributed by atoms with van der Waals surface area (Å²) in [5, 5.41) is 12.0. The number of amides is 1. The summed E-state index contributed by atoms with van der Waals surface area (Å²) in [4.78, 5) is 13.3. The quantitative estimate of drug-likeness (QED) is 0.568. The van der Waals surface area contributed by atoms with Crippen molar-refractivity contribution in [2.45, 2.75) is 13.0 Å². The second-order valence-corrected chi connectivity index (χ2v) is 7.20. The number of thiocarbonyl (C=S) groups is 1. The van der Waals surface area contributed by atoms with E-state index in [-0.39, 0.29) is 11.9 Å². The van der Waals surface area contributed by atoms with Crippen LogP contribution < -0.4 is 20.7 Å². The third-order valence-electron chi connectivity index (χ3n) is 5.00. The zero-order chi connectivity index (χ0) is 20.4. The highest BCUT2D eigenvalue weighted by Crippen LogP contribution is 2.33. The molecular weight excluding hydrogens is 382 g/mol. The van der Waals surface area contributed by atoms with Gasteiger partial charge in [0.15, 0.2) is 5.11 Å². The van der Waals surface area contributed by atoms with Crippen LogP contribution in [-0.2, 0) is 4.79 Å². The highest BCUT2D eigenvalue weighted by atomic mass is 32.1. The largest absolute Gasteiger partial charge is 0.495 e. The molecule has 4 rings (SSSR count). The normalized spacial score (nSPS) is 16.2. The molecule has 3 N–H and O–H groups in total. The average Bonchev–Trinajstić information content (AvgIpc) is 2.73. The lowest BCUT2D eigenvalue weighted by Gasteiger charge is -2.31. The van der Waals surface area contributed by atoms with Crippen LogP contribution in [0.25, 0.3) is 10.8 Å². The first kappa shape index (κ1) is 19.0. The highest BCUT2D eigenvalue weighted by Gasteiger charge is 2.31. The number of carbonyl (C=O) groups excluding carboxylic acids is 1. The Hall–Kier alpha value is -3.38. The molecule has 1 atom stereocenters. The van der Waals surface area contributed by atoms with E-state index in [4.69, 9.17) is 17.0 Å². The minimum atomic E-state index is -0.371. The van der Waals surface area contributed by atoms with Crippen molar-refractivity contribution in [1.29, 1.82) is 0 Å². The van der Waals surface area contributed by atoms with Crippen molar-refractivity contribution >= 4 is 39.7 Å². The lowest BCUT2D eigenvalue weighted by molar-refractivity contribution is -0.113. The van der Waals surface area contributed by atoms with Crippen LogP contribution in [0.3, 0.4) is 0 Å². The Bertz CT molecular complexity index is 1130. The number of allylic oxidation sites excluding steroid dienone is 1. The predicted octanol–water partition coefficient (Wildman–Crippen LogP) is 4.28. The zero-order valence-corrected chi connectivity index (χ0v) is 17.0. The summed E-state index contributed by atoms with van der Waals surface area (Å²) in [6.07, 6.45) is 0. The minimum Gasteiger partial charge on any atom is -0.495 e. The van der Waals surface area contributed by atoms with Gasteiger partial charge in [0.25, 0.3) is 5.91 Å². The SMILES string of the molecule is COc1ccccc1NC(=O)C1=C(C)NC(=S)N[C@H]1c1cccc2ccccc12. The van der Waals surface area contributed by atoms with Crippen LogP contribution in [0.15, 0.2) is 78.0 Å². The molecule has 29 heavy (non-hydrogen) atoms. The van der Waals surface area contributed by atoms with Gasteiger partial charge in [-0.1, -0.05) is 54.6 Å². The Labute approximate surface area is 174 Å². The first-order valence-electron chi connectivity index (χ1n) is 9.29. The third-order valence-corrected chi connectivity index (χ3v) is 5.22. The Morgan fingerprint density at radius 1 is 1.03 bits per heavy atom. The minimum absolute atomic E-state index is 0.215. The number of para-hydroxylation sites is 2. The van der Waals surface area contributed by atoms with E-state index in [2.05, 4.69) is 34.1 Å².